The first-order valence-electron chi connectivity index (χ1n) is 5.77. The van der Waals surface area contributed by atoms with Crippen LogP contribution in [0.4, 0.5) is 5.69 Å². The Morgan fingerprint density at radius 2 is 2.29 bits per heavy atom. The zero-order chi connectivity index (χ0) is 12.5. The molecule has 92 valence electrons. The third kappa shape index (κ3) is 2.76. The molecular weight excluding hydrogens is 232 g/mol. The molecule has 1 aromatic carbocycles. The van der Waals surface area contributed by atoms with Crippen LogP contribution in [0.5, 0.6) is 0 Å². The third-order valence-electron chi connectivity index (χ3n) is 3.10. The van der Waals surface area contributed by atoms with Crippen molar-refractivity contribution in [2.75, 3.05) is 18.5 Å². The van der Waals surface area contributed by atoms with Crippen LogP contribution < -0.4 is 11.1 Å². The Labute approximate surface area is 107 Å². The minimum atomic E-state index is -0.0191. The molecule has 1 saturated heterocycles. The van der Waals surface area contributed by atoms with E-state index < -0.39 is 0 Å². The van der Waals surface area contributed by atoms with E-state index in [0.717, 1.165) is 36.4 Å². The number of nitrogens with one attached hydrogen (secondary N) is 1. The number of benzene rings is 1. The van der Waals surface area contributed by atoms with E-state index in [4.69, 9.17) is 22.7 Å². The van der Waals surface area contributed by atoms with Crippen molar-refractivity contribution in [2.45, 2.75) is 25.8 Å². The van der Waals surface area contributed by atoms with E-state index in [1.54, 1.807) is 0 Å². The number of hydrogen-bond donors (Lipinski definition) is 2. The molecule has 0 aromatic heterocycles. The molecule has 1 aliphatic rings. The molecule has 0 bridgehead atoms. The maximum Gasteiger partial charge on any atom is 0.106 e. The maximum absolute atomic E-state index is 5.76. The lowest BCUT2D eigenvalue weighted by molar-refractivity contribution is 0.185. The van der Waals surface area contributed by atoms with E-state index in [9.17, 15) is 0 Å². The second kappa shape index (κ2) is 4.63. The quantitative estimate of drug-likeness (QED) is 0.808. The molecule has 3 nitrogen and oxygen atoms in total. The van der Waals surface area contributed by atoms with E-state index >= 15 is 0 Å². The summed E-state index contributed by atoms with van der Waals surface area (Å²) < 4.78 is 5.43. The topological polar surface area (TPSA) is 47.3 Å². The molecule has 1 atom stereocenters. The summed E-state index contributed by atoms with van der Waals surface area (Å²) in [6.07, 6.45) is 0.998. The Balaban J connectivity index is 2.28. The number of ether oxygens (including phenoxy) is 1. The lowest BCUT2D eigenvalue weighted by atomic mass is 9.99. The highest BCUT2D eigenvalue weighted by molar-refractivity contribution is 7.80. The smallest absolute Gasteiger partial charge is 0.106 e. The highest BCUT2D eigenvalue weighted by Gasteiger charge is 2.30. The summed E-state index contributed by atoms with van der Waals surface area (Å²) in [5.41, 5.74) is 8.81. The molecule has 1 fully saturated rings. The van der Waals surface area contributed by atoms with Gasteiger partial charge in [-0.25, -0.2) is 0 Å². The summed E-state index contributed by atoms with van der Waals surface area (Å²) in [5, 5.41) is 3.50. The average Bonchev–Trinajstić information content (AvgIpc) is 2.67. The van der Waals surface area contributed by atoms with Crippen molar-refractivity contribution in [2.24, 2.45) is 5.73 Å². The van der Waals surface area contributed by atoms with E-state index in [2.05, 4.69) is 18.3 Å². The third-order valence-corrected chi connectivity index (χ3v) is 3.32. The maximum atomic E-state index is 5.76. The van der Waals surface area contributed by atoms with Gasteiger partial charge in [-0.05, 0) is 32.4 Å². The molecule has 3 N–H and O–H groups in total. The Hall–Kier alpha value is -1.13. The SMILES string of the molecule is Cc1ccc(NC2(C)CCOC2)c(C(N)=S)c1. The van der Waals surface area contributed by atoms with E-state index in [-0.39, 0.29) is 5.54 Å². The molecule has 1 unspecified atom stereocenters. The van der Waals surface area contributed by atoms with Gasteiger partial charge in [0.05, 0.1) is 12.1 Å². The van der Waals surface area contributed by atoms with Crippen LogP contribution in [0.1, 0.15) is 24.5 Å². The Kier molecular flexibility index (Phi) is 3.35. The van der Waals surface area contributed by atoms with Crippen molar-refractivity contribution in [3.05, 3.63) is 29.3 Å². The molecule has 0 radical (unpaired) electrons. The standard InChI is InChI=1S/C13H18N2OS/c1-9-3-4-11(10(7-9)12(14)17)15-13(2)5-6-16-8-13/h3-4,7,15H,5-6,8H2,1-2H3,(H2,14,17). The fourth-order valence-electron chi connectivity index (χ4n) is 2.06. The van der Waals surface area contributed by atoms with Crippen LogP contribution in [0.3, 0.4) is 0 Å². The minimum absolute atomic E-state index is 0.0191. The van der Waals surface area contributed by atoms with Gasteiger partial charge >= 0.3 is 0 Å². The monoisotopic (exact) mass is 250 g/mol. The minimum Gasteiger partial charge on any atom is -0.389 e. The van der Waals surface area contributed by atoms with Gasteiger partial charge in [-0.3, -0.25) is 0 Å². The second-order valence-corrected chi connectivity index (χ2v) is 5.34. The molecule has 1 heterocycles. The largest absolute Gasteiger partial charge is 0.389 e. The van der Waals surface area contributed by atoms with Crippen molar-refractivity contribution in [3.63, 3.8) is 0 Å². The van der Waals surface area contributed by atoms with Gasteiger partial charge in [-0.2, -0.15) is 0 Å². The number of anilines is 1. The number of aryl methyl sites for hydroxylation is 1. The fraction of sp³-hybridized carbons (Fsp3) is 0.462. The first-order chi connectivity index (χ1) is 8.00. The summed E-state index contributed by atoms with van der Waals surface area (Å²) in [5.74, 6) is 0. The summed E-state index contributed by atoms with van der Waals surface area (Å²) in [4.78, 5) is 0.429. The first kappa shape index (κ1) is 12.3. The second-order valence-electron chi connectivity index (χ2n) is 4.90. The molecule has 0 amide bonds. The number of hydrogen-bond acceptors (Lipinski definition) is 3. The van der Waals surface area contributed by atoms with Crippen LogP contribution >= 0.6 is 12.2 Å². The van der Waals surface area contributed by atoms with Gasteiger partial charge in [0, 0.05) is 17.9 Å². The van der Waals surface area contributed by atoms with Crippen molar-refractivity contribution in [1.82, 2.24) is 0 Å². The normalized spacial score (nSPS) is 23.6. The molecule has 1 aliphatic heterocycles. The Morgan fingerprint density at radius 3 is 2.88 bits per heavy atom. The number of rotatable bonds is 3. The summed E-state index contributed by atoms with van der Waals surface area (Å²) in [6.45, 7) is 5.71. The van der Waals surface area contributed by atoms with Gasteiger partial charge in [0.1, 0.15) is 4.99 Å². The van der Waals surface area contributed by atoms with Gasteiger partial charge in [-0.1, -0.05) is 23.8 Å². The van der Waals surface area contributed by atoms with Gasteiger partial charge < -0.3 is 15.8 Å². The molecule has 0 saturated carbocycles. The molecular formula is C13H18N2OS. The van der Waals surface area contributed by atoms with E-state index in [1.165, 1.54) is 0 Å². The highest BCUT2D eigenvalue weighted by atomic mass is 32.1. The van der Waals surface area contributed by atoms with Crippen LogP contribution in [-0.4, -0.2) is 23.7 Å². The van der Waals surface area contributed by atoms with Gasteiger partial charge in [0.2, 0.25) is 0 Å². The summed E-state index contributed by atoms with van der Waals surface area (Å²) in [6, 6.07) is 6.11. The molecule has 2 rings (SSSR count). The molecule has 1 aromatic rings. The summed E-state index contributed by atoms with van der Waals surface area (Å²) >= 11 is 5.09. The van der Waals surface area contributed by atoms with Crippen molar-refractivity contribution >= 4 is 22.9 Å². The Morgan fingerprint density at radius 1 is 1.53 bits per heavy atom. The van der Waals surface area contributed by atoms with Crippen LogP contribution in [0.2, 0.25) is 0 Å². The summed E-state index contributed by atoms with van der Waals surface area (Å²) in [7, 11) is 0. The average molecular weight is 250 g/mol. The van der Waals surface area contributed by atoms with E-state index in [0.29, 0.717) is 4.99 Å². The van der Waals surface area contributed by atoms with Crippen molar-refractivity contribution in [1.29, 1.82) is 0 Å². The lowest BCUT2D eigenvalue weighted by Crippen LogP contribution is -2.35. The van der Waals surface area contributed by atoms with Gasteiger partial charge in [0.15, 0.2) is 0 Å². The Bertz CT molecular complexity index is 439. The predicted octanol–water partition coefficient (Wildman–Crippen LogP) is 2.22. The zero-order valence-electron chi connectivity index (χ0n) is 10.2. The van der Waals surface area contributed by atoms with Gasteiger partial charge in [0.25, 0.3) is 0 Å². The number of thiocarbonyl (C=S) groups is 1. The van der Waals surface area contributed by atoms with Gasteiger partial charge in [-0.15, -0.1) is 0 Å². The zero-order valence-corrected chi connectivity index (χ0v) is 11.1. The predicted molar refractivity (Wildman–Crippen MR) is 74.5 cm³/mol. The highest BCUT2D eigenvalue weighted by Crippen LogP contribution is 2.26. The van der Waals surface area contributed by atoms with Crippen LogP contribution in [0, 0.1) is 6.92 Å². The van der Waals surface area contributed by atoms with Crippen molar-refractivity contribution in [3.8, 4) is 0 Å². The van der Waals surface area contributed by atoms with Crippen molar-refractivity contribution < 1.29 is 4.74 Å². The van der Waals surface area contributed by atoms with Crippen LogP contribution in [0.15, 0.2) is 18.2 Å². The number of nitrogens with two attached hydrogens (primary N) is 1. The molecule has 17 heavy (non-hydrogen) atoms. The molecule has 0 spiro atoms. The first-order valence-corrected chi connectivity index (χ1v) is 6.17. The van der Waals surface area contributed by atoms with Crippen LogP contribution in [0.25, 0.3) is 0 Å². The fourth-order valence-corrected chi connectivity index (χ4v) is 2.23. The molecule has 4 heteroatoms. The van der Waals surface area contributed by atoms with Crippen LogP contribution in [-0.2, 0) is 4.74 Å². The van der Waals surface area contributed by atoms with E-state index in [1.807, 2.05) is 19.1 Å². The molecule has 0 aliphatic carbocycles. The lowest BCUT2D eigenvalue weighted by Gasteiger charge is -2.26.